The second-order valence-corrected chi connectivity index (χ2v) is 6.67. The molecule has 0 aliphatic rings. The molecule has 0 N–H and O–H groups in total. The minimum atomic E-state index is -4.05. The average molecular weight is 319 g/mol. The van der Waals surface area contributed by atoms with E-state index in [1.165, 1.54) is 12.1 Å². The molecular weight excluding hydrogens is 302 g/mol. The van der Waals surface area contributed by atoms with Gasteiger partial charge in [-0.15, -0.1) is 0 Å². The van der Waals surface area contributed by atoms with Gasteiger partial charge in [-0.05, 0) is 39.8 Å². The van der Waals surface area contributed by atoms with Crippen molar-refractivity contribution in [1.29, 1.82) is 5.26 Å². The number of rotatable bonds is 4. The monoisotopic (exact) mass is 319 g/mol. The number of hydrogen-bond acceptors (Lipinski definition) is 5. The number of aromatic nitrogens is 2. The zero-order valence-corrected chi connectivity index (χ0v) is 13.7. The number of aryl methyl sites for hydroxylation is 1. The Morgan fingerprint density at radius 1 is 1.27 bits per heavy atom. The number of hydrogen-bond donors (Lipinski definition) is 0. The zero-order chi connectivity index (χ0) is 16.5. The summed E-state index contributed by atoms with van der Waals surface area (Å²) < 4.78 is 31.9. The molecule has 0 atom stereocenters. The van der Waals surface area contributed by atoms with Gasteiger partial charge in [0.25, 0.3) is 0 Å². The van der Waals surface area contributed by atoms with Crippen LogP contribution < -0.4 is 4.18 Å². The van der Waals surface area contributed by atoms with Crippen LogP contribution in [0.5, 0.6) is 5.75 Å². The van der Waals surface area contributed by atoms with Gasteiger partial charge in [-0.1, -0.05) is 12.1 Å². The van der Waals surface area contributed by atoms with Gasteiger partial charge in [-0.25, -0.2) is 0 Å². The summed E-state index contributed by atoms with van der Waals surface area (Å²) in [5.74, 6) is 0.0149. The molecule has 2 rings (SSSR count). The third kappa shape index (κ3) is 2.83. The van der Waals surface area contributed by atoms with Crippen molar-refractivity contribution in [2.45, 2.75) is 38.6 Å². The minimum absolute atomic E-state index is 0.0149. The first-order valence-electron chi connectivity index (χ1n) is 6.77. The van der Waals surface area contributed by atoms with E-state index in [1.54, 1.807) is 30.7 Å². The Balaban J connectivity index is 2.51. The third-order valence-electron chi connectivity index (χ3n) is 3.20. The lowest BCUT2D eigenvalue weighted by atomic mass is 10.2. The van der Waals surface area contributed by atoms with Crippen molar-refractivity contribution in [3.63, 3.8) is 0 Å². The summed E-state index contributed by atoms with van der Waals surface area (Å²) in [4.78, 5) is 0.0499. The van der Waals surface area contributed by atoms with E-state index in [2.05, 4.69) is 5.10 Å². The molecule has 0 fully saturated rings. The molecule has 1 heterocycles. The summed E-state index contributed by atoms with van der Waals surface area (Å²) in [5, 5.41) is 13.3. The second-order valence-electron chi connectivity index (χ2n) is 5.18. The normalized spacial score (nSPS) is 11.5. The van der Waals surface area contributed by atoms with Gasteiger partial charge in [0, 0.05) is 6.04 Å². The van der Waals surface area contributed by atoms with Crippen molar-refractivity contribution in [2.24, 2.45) is 0 Å². The lowest BCUT2D eigenvalue weighted by Gasteiger charge is -2.10. The highest BCUT2D eigenvalue weighted by Gasteiger charge is 2.28. The maximum Gasteiger partial charge on any atom is 0.342 e. The standard InChI is InChI=1S/C15H17N3O3S/c1-10(2)18-12(4)15(11(3)17-18)22(19,20)21-14-8-6-5-7-13(14)9-16/h5-8,10H,1-4H3. The zero-order valence-electron chi connectivity index (χ0n) is 12.9. The average Bonchev–Trinajstić information content (AvgIpc) is 2.75. The minimum Gasteiger partial charge on any atom is -0.377 e. The van der Waals surface area contributed by atoms with Gasteiger partial charge in [0.1, 0.15) is 11.0 Å². The molecule has 22 heavy (non-hydrogen) atoms. The van der Waals surface area contributed by atoms with E-state index in [9.17, 15) is 8.42 Å². The molecule has 0 spiro atoms. The summed E-state index contributed by atoms with van der Waals surface area (Å²) in [6.07, 6.45) is 0. The largest absolute Gasteiger partial charge is 0.377 e. The topological polar surface area (TPSA) is 85.0 Å². The van der Waals surface area contributed by atoms with Gasteiger partial charge in [0.2, 0.25) is 0 Å². The summed E-state index contributed by atoms with van der Waals surface area (Å²) >= 11 is 0. The summed E-state index contributed by atoms with van der Waals surface area (Å²) in [5.41, 5.74) is 1.06. The van der Waals surface area contributed by atoms with Crippen LogP contribution in [0.1, 0.15) is 36.8 Å². The molecule has 0 unspecified atom stereocenters. The molecule has 0 radical (unpaired) electrons. The van der Waals surface area contributed by atoms with Gasteiger partial charge in [-0.2, -0.15) is 18.8 Å². The molecule has 0 saturated carbocycles. The SMILES string of the molecule is Cc1nn(C(C)C)c(C)c1S(=O)(=O)Oc1ccccc1C#N. The van der Waals surface area contributed by atoms with Gasteiger partial charge in [-0.3, -0.25) is 4.68 Å². The molecule has 1 aromatic heterocycles. The highest BCUT2D eigenvalue weighted by atomic mass is 32.2. The fourth-order valence-electron chi connectivity index (χ4n) is 2.30. The van der Waals surface area contributed by atoms with Crippen LogP contribution in [-0.2, 0) is 10.1 Å². The molecule has 7 heteroatoms. The Labute approximate surface area is 130 Å². The number of para-hydroxylation sites is 1. The van der Waals surface area contributed by atoms with Crippen LogP contribution in [0.4, 0.5) is 0 Å². The molecule has 0 bridgehead atoms. The predicted octanol–water partition coefficient (Wildman–Crippen LogP) is 2.72. The number of nitriles is 1. The maximum atomic E-state index is 12.6. The lowest BCUT2D eigenvalue weighted by Crippen LogP contribution is -2.13. The molecule has 2 aromatic rings. The van der Waals surface area contributed by atoms with E-state index in [1.807, 2.05) is 19.9 Å². The van der Waals surface area contributed by atoms with Crippen LogP contribution >= 0.6 is 0 Å². The van der Waals surface area contributed by atoms with Crippen LogP contribution in [0.15, 0.2) is 29.2 Å². The molecule has 6 nitrogen and oxygen atoms in total. The third-order valence-corrected chi connectivity index (χ3v) is 4.69. The predicted molar refractivity (Wildman–Crippen MR) is 81.1 cm³/mol. The van der Waals surface area contributed by atoms with Crippen LogP contribution in [0.25, 0.3) is 0 Å². The van der Waals surface area contributed by atoms with Crippen molar-refractivity contribution in [2.75, 3.05) is 0 Å². The van der Waals surface area contributed by atoms with E-state index in [-0.39, 0.29) is 22.3 Å². The maximum absolute atomic E-state index is 12.6. The molecule has 0 amide bonds. The molecule has 0 saturated heterocycles. The van der Waals surface area contributed by atoms with E-state index in [0.717, 1.165) is 0 Å². The van der Waals surface area contributed by atoms with E-state index in [0.29, 0.717) is 11.4 Å². The molecule has 1 aromatic carbocycles. The number of benzene rings is 1. The van der Waals surface area contributed by atoms with Crippen molar-refractivity contribution in [1.82, 2.24) is 9.78 Å². The fourth-order valence-corrected chi connectivity index (χ4v) is 3.63. The van der Waals surface area contributed by atoms with Crippen molar-refractivity contribution in [3.05, 3.63) is 41.2 Å². The smallest absolute Gasteiger partial charge is 0.342 e. The van der Waals surface area contributed by atoms with Gasteiger partial charge < -0.3 is 4.18 Å². The van der Waals surface area contributed by atoms with Crippen LogP contribution in [-0.4, -0.2) is 18.2 Å². The first kappa shape index (κ1) is 16.0. The number of nitrogens with zero attached hydrogens (tertiary/aromatic N) is 3. The van der Waals surface area contributed by atoms with E-state index >= 15 is 0 Å². The Morgan fingerprint density at radius 2 is 1.91 bits per heavy atom. The van der Waals surface area contributed by atoms with Gasteiger partial charge >= 0.3 is 10.1 Å². The molecule has 116 valence electrons. The Bertz CT molecular complexity index is 845. The van der Waals surface area contributed by atoms with Crippen molar-refractivity contribution >= 4 is 10.1 Å². The van der Waals surface area contributed by atoms with Crippen LogP contribution in [0.2, 0.25) is 0 Å². The van der Waals surface area contributed by atoms with Crippen LogP contribution in [0.3, 0.4) is 0 Å². The Morgan fingerprint density at radius 3 is 2.45 bits per heavy atom. The van der Waals surface area contributed by atoms with Gasteiger partial charge in [0.15, 0.2) is 5.75 Å². The first-order chi connectivity index (χ1) is 10.3. The second kappa shape index (κ2) is 5.81. The van der Waals surface area contributed by atoms with E-state index < -0.39 is 10.1 Å². The Kier molecular flexibility index (Phi) is 4.24. The quantitative estimate of drug-likeness (QED) is 0.809. The van der Waals surface area contributed by atoms with E-state index in [4.69, 9.17) is 9.44 Å². The van der Waals surface area contributed by atoms with Crippen LogP contribution in [0, 0.1) is 25.2 Å². The van der Waals surface area contributed by atoms with Gasteiger partial charge in [0.05, 0.1) is 17.0 Å². The molecule has 0 aliphatic heterocycles. The fraction of sp³-hybridized carbons (Fsp3) is 0.333. The molecule has 0 aliphatic carbocycles. The van der Waals surface area contributed by atoms with Crippen molar-refractivity contribution < 1.29 is 12.6 Å². The summed E-state index contributed by atoms with van der Waals surface area (Å²) in [6.45, 7) is 7.15. The Hall–Kier alpha value is -2.33. The molecular formula is C15H17N3O3S. The first-order valence-corrected chi connectivity index (χ1v) is 8.18. The highest BCUT2D eigenvalue weighted by molar-refractivity contribution is 7.87. The summed E-state index contributed by atoms with van der Waals surface area (Å²) in [7, 11) is -4.05. The highest BCUT2D eigenvalue weighted by Crippen LogP contribution is 2.27. The summed E-state index contributed by atoms with van der Waals surface area (Å²) in [6, 6.07) is 8.16. The lowest BCUT2D eigenvalue weighted by molar-refractivity contribution is 0.482. The van der Waals surface area contributed by atoms with Crippen molar-refractivity contribution in [3.8, 4) is 11.8 Å².